The van der Waals surface area contributed by atoms with Crippen LogP contribution in [0.5, 0.6) is 0 Å². The molecular formula is C14H30N2O. The Morgan fingerprint density at radius 1 is 1.06 bits per heavy atom. The summed E-state index contributed by atoms with van der Waals surface area (Å²) in [6.07, 6.45) is 8.13. The second kappa shape index (κ2) is 6.72. The van der Waals surface area contributed by atoms with Gasteiger partial charge in [0.05, 0.1) is 0 Å². The van der Waals surface area contributed by atoms with Crippen molar-refractivity contribution in [3.05, 3.63) is 0 Å². The highest BCUT2D eigenvalue weighted by molar-refractivity contribution is 4.96. The van der Waals surface area contributed by atoms with E-state index in [0.717, 1.165) is 32.4 Å². The van der Waals surface area contributed by atoms with Crippen LogP contribution in [0.3, 0.4) is 0 Å². The van der Waals surface area contributed by atoms with Gasteiger partial charge in [-0.25, -0.2) is 0 Å². The van der Waals surface area contributed by atoms with Gasteiger partial charge in [-0.05, 0) is 56.9 Å². The Kier molecular flexibility index (Phi) is 5.90. The Morgan fingerprint density at radius 2 is 1.71 bits per heavy atom. The highest BCUT2D eigenvalue weighted by Gasteiger charge is 2.36. The quantitative estimate of drug-likeness (QED) is 0.599. The van der Waals surface area contributed by atoms with E-state index in [2.05, 4.69) is 19.2 Å². The molecule has 0 aromatic rings. The number of hydrogen-bond acceptors (Lipinski definition) is 3. The van der Waals surface area contributed by atoms with Crippen molar-refractivity contribution in [1.29, 1.82) is 0 Å². The molecule has 0 aliphatic heterocycles. The average Bonchev–Trinajstić information content (AvgIpc) is 2.32. The molecule has 0 unspecified atom stereocenters. The van der Waals surface area contributed by atoms with E-state index < -0.39 is 0 Å². The summed E-state index contributed by atoms with van der Waals surface area (Å²) in [7, 11) is 0. The van der Waals surface area contributed by atoms with Crippen LogP contribution in [-0.2, 0) is 0 Å². The SMILES string of the molecule is CC1(C)CCC(CN)(NCCCCCO)CC1. The Hall–Kier alpha value is -0.120. The number of hydrogen-bond donors (Lipinski definition) is 3. The van der Waals surface area contributed by atoms with Gasteiger partial charge < -0.3 is 16.2 Å². The van der Waals surface area contributed by atoms with E-state index in [9.17, 15) is 0 Å². The molecule has 17 heavy (non-hydrogen) atoms. The molecule has 0 heterocycles. The van der Waals surface area contributed by atoms with E-state index >= 15 is 0 Å². The molecule has 4 N–H and O–H groups in total. The molecule has 3 nitrogen and oxygen atoms in total. The van der Waals surface area contributed by atoms with Crippen LogP contribution in [0, 0.1) is 5.41 Å². The molecule has 1 saturated carbocycles. The first-order chi connectivity index (χ1) is 8.04. The molecule has 0 radical (unpaired) electrons. The maximum Gasteiger partial charge on any atom is 0.0431 e. The van der Waals surface area contributed by atoms with Crippen LogP contribution < -0.4 is 11.1 Å². The fraction of sp³-hybridized carbons (Fsp3) is 1.00. The number of nitrogens with one attached hydrogen (secondary N) is 1. The first-order valence-corrected chi connectivity index (χ1v) is 7.10. The van der Waals surface area contributed by atoms with Crippen LogP contribution in [0.1, 0.15) is 58.8 Å². The third kappa shape index (κ3) is 4.94. The number of unbranched alkanes of at least 4 members (excludes halogenated alkanes) is 2. The monoisotopic (exact) mass is 242 g/mol. The predicted molar refractivity (Wildman–Crippen MR) is 73.0 cm³/mol. The minimum absolute atomic E-state index is 0.189. The van der Waals surface area contributed by atoms with Crippen molar-refractivity contribution in [2.75, 3.05) is 19.7 Å². The number of aliphatic hydroxyl groups excluding tert-OH is 1. The van der Waals surface area contributed by atoms with E-state index in [1.807, 2.05) is 0 Å². The summed E-state index contributed by atoms with van der Waals surface area (Å²) in [5.41, 5.74) is 6.65. The van der Waals surface area contributed by atoms with Crippen molar-refractivity contribution < 1.29 is 5.11 Å². The van der Waals surface area contributed by atoms with Gasteiger partial charge in [0.15, 0.2) is 0 Å². The molecule has 1 aliphatic rings. The van der Waals surface area contributed by atoms with Crippen molar-refractivity contribution in [3.8, 4) is 0 Å². The van der Waals surface area contributed by atoms with Gasteiger partial charge >= 0.3 is 0 Å². The van der Waals surface area contributed by atoms with Crippen LogP contribution >= 0.6 is 0 Å². The van der Waals surface area contributed by atoms with Crippen LogP contribution in [0.2, 0.25) is 0 Å². The number of nitrogens with two attached hydrogens (primary N) is 1. The van der Waals surface area contributed by atoms with Crippen molar-refractivity contribution in [2.45, 2.75) is 64.3 Å². The second-order valence-corrected chi connectivity index (χ2v) is 6.36. The summed E-state index contributed by atoms with van der Waals surface area (Å²) < 4.78 is 0. The van der Waals surface area contributed by atoms with Gasteiger partial charge in [-0.2, -0.15) is 0 Å². The summed E-state index contributed by atoms with van der Waals surface area (Å²) >= 11 is 0. The molecule has 0 spiro atoms. The summed E-state index contributed by atoms with van der Waals surface area (Å²) in [6.45, 7) is 6.82. The molecular weight excluding hydrogens is 212 g/mol. The summed E-state index contributed by atoms with van der Waals surface area (Å²) in [5, 5.41) is 12.4. The van der Waals surface area contributed by atoms with Crippen LogP contribution in [0.4, 0.5) is 0 Å². The smallest absolute Gasteiger partial charge is 0.0431 e. The largest absolute Gasteiger partial charge is 0.396 e. The zero-order chi connectivity index (χ0) is 12.8. The Morgan fingerprint density at radius 3 is 2.24 bits per heavy atom. The first-order valence-electron chi connectivity index (χ1n) is 7.10. The standard InChI is InChI=1S/C14H30N2O/c1-13(2)6-8-14(12-15,9-7-13)16-10-4-3-5-11-17/h16-17H,3-12,15H2,1-2H3. The maximum atomic E-state index is 8.73. The summed E-state index contributed by atoms with van der Waals surface area (Å²) in [4.78, 5) is 0. The van der Waals surface area contributed by atoms with Gasteiger partial charge in [0.2, 0.25) is 0 Å². The van der Waals surface area contributed by atoms with Gasteiger partial charge in [0.1, 0.15) is 0 Å². The van der Waals surface area contributed by atoms with Gasteiger partial charge in [0.25, 0.3) is 0 Å². The molecule has 3 heteroatoms. The lowest BCUT2D eigenvalue weighted by Crippen LogP contribution is -2.54. The van der Waals surface area contributed by atoms with Crippen LogP contribution in [-0.4, -0.2) is 30.3 Å². The van der Waals surface area contributed by atoms with E-state index in [1.165, 1.54) is 25.7 Å². The molecule has 0 saturated heterocycles. The molecule has 0 atom stereocenters. The van der Waals surface area contributed by atoms with E-state index in [1.54, 1.807) is 0 Å². The lowest BCUT2D eigenvalue weighted by Gasteiger charge is -2.43. The number of rotatable bonds is 7. The van der Waals surface area contributed by atoms with E-state index in [-0.39, 0.29) is 5.54 Å². The zero-order valence-electron chi connectivity index (χ0n) is 11.6. The molecule has 0 amide bonds. The van der Waals surface area contributed by atoms with Gasteiger partial charge in [-0.3, -0.25) is 0 Å². The Bertz CT molecular complexity index is 206. The zero-order valence-corrected chi connectivity index (χ0v) is 11.6. The minimum Gasteiger partial charge on any atom is -0.396 e. The average molecular weight is 242 g/mol. The van der Waals surface area contributed by atoms with Gasteiger partial charge in [-0.1, -0.05) is 13.8 Å². The van der Waals surface area contributed by atoms with Crippen molar-refractivity contribution >= 4 is 0 Å². The molecule has 102 valence electrons. The first kappa shape index (κ1) is 14.9. The third-order valence-corrected chi connectivity index (χ3v) is 4.29. The van der Waals surface area contributed by atoms with Crippen molar-refractivity contribution in [1.82, 2.24) is 5.32 Å². The summed E-state index contributed by atoms with van der Waals surface area (Å²) in [5.74, 6) is 0. The van der Waals surface area contributed by atoms with Crippen LogP contribution in [0.25, 0.3) is 0 Å². The highest BCUT2D eigenvalue weighted by Crippen LogP contribution is 2.39. The second-order valence-electron chi connectivity index (χ2n) is 6.36. The third-order valence-electron chi connectivity index (χ3n) is 4.29. The van der Waals surface area contributed by atoms with Gasteiger partial charge in [0, 0.05) is 18.7 Å². The normalized spacial score (nSPS) is 22.6. The lowest BCUT2D eigenvalue weighted by molar-refractivity contribution is 0.139. The van der Waals surface area contributed by atoms with Crippen molar-refractivity contribution in [3.63, 3.8) is 0 Å². The molecule has 1 aliphatic carbocycles. The molecule has 1 fully saturated rings. The van der Waals surface area contributed by atoms with E-state index in [0.29, 0.717) is 12.0 Å². The predicted octanol–water partition coefficient (Wildman–Crippen LogP) is 2.04. The minimum atomic E-state index is 0.189. The molecule has 1 rings (SSSR count). The summed E-state index contributed by atoms with van der Waals surface area (Å²) in [6, 6.07) is 0. The Balaban J connectivity index is 2.27. The molecule has 0 bridgehead atoms. The molecule has 0 aromatic carbocycles. The fourth-order valence-corrected chi connectivity index (χ4v) is 2.63. The lowest BCUT2D eigenvalue weighted by atomic mass is 9.69. The van der Waals surface area contributed by atoms with Gasteiger partial charge in [-0.15, -0.1) is 0 Å². The van der Waals surface area contributed by atoms with Crippen molar-refractivity contribution in [2.24, 2.45) is 11.1 Å². The fourth-order valence-electron chi connectivity index (χ4n) is 2.63. The Labute approximate surface area is 106 Å². The van der Waals surface area contributed by atoms with Crippen LogP contribution in [0.15, 0.2) is 0 Å². The molecule has 0 aromatic heterocycles. The van der Waals surface area contributed by atoms with E-state index in [4.69, 9.17) is 10.8 Å². The number of aliphatic hydroxyl groups is 1. The highest BCUT2D eigenvalue weighted by atomic mass is 16.2. The maximum absolute atomic E-state index is 8.73. The topological polar surface area (TPSA) is 58.3 Å².